The van der Waals surface area contributed by atoms with E-state index >= 15 is 0 Å². The summed E-state index contributed by atoms with van der Waals surface area (Å²) in [6.07, 6.45) is 2.93. The van der Waals surface area contributed by atoms with Crippen molar-refractivity contribution in [2.45, 2.75) is 13.3 Å². The minimum absolute atomic E-state index is 0.125. The number of fused-ring (bicyclic) bond motifs is 1. The van der Waals surface area contributed by atoms with E-state index in [2.05, 4.69) is 25.1 Å². The van der Waals surface area contributed by atoms with E-state index < -0.39 is 0 Å². The second kappa shape index (κ2) is 5.42. The average molecular weight is 263 g/mol. The SMILES string of the molecule is COC(=O)CCNC(=O)c1cnc2ncnn2c1C. The summed E-state index contributed by atoms with van der Waals surface area (Å²) < 4.78 is 5.97. The summed E-state index contributed by atoms with van der Waals surface area (Å²) in [6, 6.07) is 0. The number of aromatic nitrogens is 4. The number of nitrogens with zero attached hydrogens (tertiary/aromatic N) is 4. The number of ether oxygens (including phenoxy) is 1. The number of nitrogens with one attached hydrogen (secondary N) is 1. The fraction of sp³-hybridized carbons (Fsp3) is 0.364. The van der Waals surface area contributed by atoms with Gasteiger partial charge in [0.05, 0.1) is 24.8 Å². The largest absolute Gasteiger partial charge is 0.469 e. The fourth-order valence-electron chi connectivity index (χ4n) is 1.59. The Hall–Kier alpha value is -2.51. The number of rotatable bonds is 4. The van der Waals surface area contributed by atoms with Crippen LogP contribution in [-0.2, 0) is 9.53 Å². The van der Waals surface area contributed by atoms with Crippen LogP contribution in [0.5, 0.6) is 0 Å². The van der Waals surface area contributed by atoms with Gasteiger partial charge in [-0.1, -0.05) is 0 Å². The Kier molecular flexibility index (Phi) is 3.69. The maximum atomic E-state index is 11.9. The van der Waals surface area contributed by atoms with Crippen molar-refractivity contribution in [3.05, 3.63) is 23.8 Å². The molecule has 0 atom stereocenters. The maximum absolute atomic E-state index is 11.9. The lowest BCUT2D eigenvalue weighted by molar-refractivity contribution is -0.140. The summed E-state index contributed by atoms with van der Waals surface area (Å²) in [4.78, 5) is 30.8. The van der Waals surface area contributed by atoms with E-state index in [4.69, 9.17) is 0 Å². The highest BCUT2D eigenvalue weighted by atomic mass is 16.5. The number of hydrogen-bond acceptors (Lipinski definition) is 6. The van der Waals surface area contributed by atoms with Gasteiger partial charge in [0.25, 0.3) is 11.7 Å². The van der Waals surface area contributed by atoms with Crippen LogP contribution < -0.4 is 5.32 Å². The molecule has 0 bridgehead atoms. The lowest BCUT2D eigenvalue weighted by Gasteiger charge is -2.07. The van der Waals surface area contributed by atoms with Crippen LogP contribution in [0.15, 0.2) is 12.5 Å². The van der Waals surface area contributed by atoms with E-state index in [9.17, 15) is 9.59 Å². The monoisotopic (exact) mass is 263 g/mol. The topological polar surface area (TPSA) is 98.5 Å². The average Bonchev–Trinajstić information content (AvgIpc) is 2.88. The van der Waals surface area contributed by atoms with Crippen LogP contribution in [0.1, 0.15) is 22.5 Å². The van der Waals surface area contributed by atoms with Crippen molar-refractivity contribution in [3.63, 3.8) is 0 Å². The lowest BCUT2D eigenvalue weighted by Crippen LogP contribution is -2.27. The molecule has 0 unspecified atom stereocenters. The van der Waals surface area contributed by atoms with E-state index in [1.165, 1.54) is 24.1 Å². The number of carbonyl (C=O) groups is 2. The van der Waals surface area contributed by atoms with Gasteiger partial charge in [-0.3, -0.25) is 9.59 Å². The molecule has 2 heterocycles. The molecule has 0 aliphatic rings. The molecule has 2 rings (SSSR count). The summed E-state index contributed by atoms with van der Waals surface area (Å²) in [6.45, 7) is 1.96. The Morgan fingerprint density at radius 2 is 2.21 bits per heavy atom. The fourth-order valence-corrected chi connectivity index (χ4v) is 1.59. The first-order valence-corrected chi connectivity index (χ1v) is 5.64. The van der Waals surface area contributed by atoms with Crippen molar-refractivity contribution in [1.82, 2.24) is 24.9 Å². The van der Waals surface area contributed by atoms with Gasteiger partial charge in [-0.05, 0) is 6.92 Å². The van der Waals surface area contributed by atoms with E-state index in [1.54, 1.807) is 6.92 Å². The minimum Gasteiger partial charge on any atom is -0.469 e. The summed E-state index contributed by atoms with van der Waals surface area (Å²) >= 11 is 0. The Morgan fingerprint density at radius 3 is 2.95 bits per heavy atom. The smallest absolute Gasteiger partial charge is 0.307 e. The molecular weight excluding hydrogens is 250 g/mol. The normalized spacial score (nSPS) is 10.4. The molecule has 100 valence electrons. The van der Waals surface area contributed by atoms with E-state index in [0.717, 1.165) is 0 Å². The van der Waals surface area contributed by atoms with E-state index in [-0.39, 0.29) is 24.8 Å². The highest BCUT2D eigenvalue weighted by Gasteiger charge is 2.13. The Balaban J connectivity index is 2.09. The predicted molar refractivity (Wildman–Crippen MR) is 64.5 cm³/mol. The summed E-state index contributed by atoms with van der Waals surface area (Å²) in [5, 5.41) is 6.59. The Bertz CT molecular complexity index is 622. The molecule has 8 heteroatoms. The standard InChI is InChI=1S/C11H13N5O3/c1-7-8(5-13-11-14-6-15-16(7)11)10(18)12-4-3-9(17)19-2/h5-6H,3-4H2,1-2H3,(H,12,18). The molecule has 0 aliphatic carbocycles. The second-order valence-electron chi connectivity index (χ2n) is 3.81. The molecular formula is C11H13N5O3. The van der Waals surface area contributed by atoms with Crippen LogP contribution in [0.4, 0.5) is 0 Å². The summed E-state index contributed by atoms with van der Waals surface area (Å²) in [5.41, 5.74) is 1.03. The molecule has 0 radical (unpaired) electrons. The molecule has 0 spiro atoms. The summed E-state index contributed by atoms with van der Waals surface area (Å²) in [5.74, 6) is -0.253. The van der Waals surface area contributed by atoms with Crippen molar-refractivity contribution in [2.75, 3.05) is 13.7 Å². The highest BCUT2D eigenvalue weighted by molar-refractivity contribution is 5.95. The third kappa shape index (κ3) is 2.67. The zero-order valence-electron chi connectivity index (χ0n) is 10.6. The van der Waals surface area contributed by atoms with Crippen LogP contribution in [0.25, 0.3) is 5.78 Å². The first-order chi connectivity index (χ1) is 9.13. The molecule has 19 heavy (non-hydrogen) atoms. The highest BCUT2D eigenvalue weighted by Crippen LogP contribution is 2.07. The van der Waals surface area contributed by atoms with Crippen molar-refractivity contribution >= 4 is 17.7 Å². The third-order valence-electron chi connectivity index (χ3n) is 2.63. The number of aryl methyl sites for hydroxylation is 1. The van der Waals surface area contributed by atoms with Crippen molar-refractivity contribution < 1.29 is 14.3 Å². The van der Waals surface area contributed by atoms with Crippen LogP contribution >= 0.6 is 0 Å². The van der Waals surface area contributed by atoms with E-state index in [1.807, 2.05) is 0 Å². The second-order valence-corrected chi connectivity index (χ2v) is 3.81. The third-order valence-corrected chi connectivity index (χ3v) is 2.63. The molecule has 2 aromatic heterocycles. The van der Waals surface area contributed by atoms with Crippen molar-refractivity contribution in [1.29, 1.82) is 0 Å². The number of esters is 1. The maximum Gasteiger partial charge on any atom is 0.307 e. The lowest BCUT2D eigenvalue weighted by atomic mass is 10.2. The zero-order chi connectivity index (χ0) is 13.8. The number of methoxy groups -OCH3 is 1. The molecule has 8 nitrogen and oxygen atoms in total. The van der Waals surface area contributed by atoms with Crippen LogP contribution in [0, 0.1) is 6.92 Å². The quantitative estimate of drug-likeness (QED) is 0.762. The number of carbonyl (C=O) groups excluding carboxylic acids is 2. The molecule has 0 fully saturated rings. The molecule has 1 amide bonds. The van der Waals surface area contributed by atoms with Gasteiger partial charge in [0.15, 0.2) is 0 Å². The number of amides is 1. The van der Waals surface area contributed by atoms with Gasteiger partial charge in [0.1, 0.15) is 6.33 Å². The van der Waals surface area contributed by atoms with Crippen LogP contribution in [0.2, 0.25) is 0 Å². The van der Waals surface area contributed by atoms with Crippen LogP contribution in [-0.4, -0.2) is 45.1 Å². The minimum atomic E-state index is -0.373. The predicted octanol–water partition coefficient (Wildman–Crippen LogP) is -0.274. The van der Waals surface area contributed by atoms with Gasteiger partial charge in [0.2, 0.25) is 0 Å². The van der Waals surface area contributed by atoms with Crippen LogP contribution in [0.3, 0.4) is 0 Å². The van der Waals surface area contributed by atoms with Gasteiger partial charge in [-0.2, -0.15) is 10.1 Å². The molecule has 0 aromatic carbocycles. The van der Waals surface area contributed by atoms with Gasteiger partial charge in [0, 0.05) is 12.7 Å². The number of hydrogen-bond donors (Lipinski definition) is 1. The van der Waals surface area contributed by atoms with Gasteiger partial charge >= 0.3 is 5.97 Å². The molecule has 0 saturated carbocycles. The summed E-state index contributed by atoms with van der Waals surface area (Å²) in [7, 11) is 1.30. The van der Waals surface area contributed by atoms with Gasteiger partial charge in [-0.25, -0.2) is 9.50 Å². The Morgan fingerprint density at radius 1 is 1.42 bits per heavy atom. The molecule has 0 aliphatic heterocycles. The first kappa shape index (κ1) is 12.9. The van der Waals surface area contributed by atoms with Gasteiger partial charge in [-0.15, -0.1) is 0 Å². The van der Waals surface area contributed by atoms with Gasteiger partial charge < -0.3 is 10.1 Å². The van der Waals surface area contributed by atoms with Crippen molar-refractivity contribution in [3.8, 4) is 0 Å². The van der Waals surface area contributed by atoms with Crippen molar-refractivity contribution in [2.24, 2.45) is 0 Å². The molecule has 1 N–H and O–H groups in total. The zero-order valence-corrected chi connectivity index (χ0v) is 10.6. The Labute approximate surface area is 108 Å². The van der Waals surface area contributed by atoms with E-state index in [0.29, 0.717) is 17.0 Å². The first-order valence-electron chi connectivity index (χ1n) is 5.64. The molecule has 0 saturated heterocycles. The molecule has 2 aromatic rings.